The zero-order valence-electron chi connectivity index (χ0n) is 11.9. The van der Waals surface area contributed by atoms with Crippen LogP contribution in [0.15, 0.2) is 53.7 Å². The van der Waals surface area contributed by atoms with Gasteiger partial charge in [-0.15, -0.1) is 0 Å². The molecule has 0 bridgehead atoms. The number of rotatable bonds is 4. The first-order valence-electron chi connectivity index (χ1n) is 6.41. The van der Waals surface area contributed by atoms with Gasteiger partial charge in [0.05, 0.1) is 5.71 Å². The molecular weight excluding hydrogens is 250 g/mol. The number of oxime groups is 1. The minimum atomic E-state index is 0.0258. The van der Waals surface area contributed by atoms with Crippen LogP contribution in [-0.4, -0.2) is 18.6 Å². The molecule has 0 saturated heterocycles. The van der Waals surface area contributed by atoms with Crippen molar-refractivity contribution in [1.82, 2.24) is 0 Å². The van der Waals surface area contributed by atoms with Crippen LogP contribution in [0.4, 0.5) is 0 Å². The Morgan fingerprint density at radius 1 is 0.900 bits per heavy atom. The molecule has 102 valence electrons. The summed E-state index contributed by atoms with van der Waals surface area (Å²) >= 11 is 0. The van der Waals surface area contributed by atoms with E-state index in [1.807, 2.05) is 62.4 Å². The summed E-state index contributed by atoms with van der Waals surface area (Å²) in [6, 6.07) is 15.0. The summed E-state index contributed by atoms with van der Waals surface area (Å²) in [5.74, 6) is 0.0258. The SMILES string of the molecule is CO/N=C(\C)c1ccc(C(=O)c2ccc(C)cc2)cc1. The quantitative estimate of drug-likeness (QED) is 0.482. The van der Waals surface area contributed by atoms with E-state index >= 15 is 0 Å². The molecule has 3 nitrogen and oxygen atoms in total. The van der Waals surface area contributed by atoms with Gasteiger partial charge in [-0.05, 0) is 19.4 Å². The molecule has 20 heavy (non-hydrogen) atoms. The fourth-order valence-electron chi connectivity index (χ4n) is 1.92. The molecule has 0 aliphatic carbocycles. The van der Waals surface area contributed by atoms with Crippen molar-refractivity contribution in [3.8, 4) is 0 Å². The normalized spacial score (nSPS) is 11.2. The number of hydrogen-bond donors (Lipinski definition) is 0. The van der Waals surface area contributed by atoms with Gasteiger partial charge in [0.15, 0.2) is 5.78 Å². The molecule has 0 spiro atoms. The van der Waals surface area contributed by atoms with E-state index in [9.17, 15) is 4.79 Å². The number of benzene rings is 2. The van der Waals surface area contributed by atoms with E-state index in [4.69, 9.17) is 4.84 Å². The van der Waals surface area contributed by atoms with Gasteiger partial charge in [-0.25, -0.2) is 0 Å². The lowest BCUT2D eigenvalue weighted by Gasteiger charge is -2.04. The molecule has 0 N–H and O–H groups in total. The predicted molar refractivity (Wildman–Crippen MR) is 80.3 cm³/mol. The van der Waals surface area contributed by atoms with Crippen molar-refractivity contribution in [1.29, 1.82) is 0 Å². The highest BCUT2D eigenvalue weighted by atomic mass is 16.6. The van der Waals surface area contributed by atoms with Gasteiger partial charge in [0.1, 0.15) is 7.11 Å². The molecule has 0 unspecified atom stereocenters. The van der Waals surface area contributed by atoms with Gasteiger partial charge in [-0.2, -0.15) is 0 Å². The van der Waals surface area contributed by atoms with Gasteiger partial charge < -0.3 is 4.84 Å². The molecule has 2 aromatic carbocycles. The maximum absolute atomic E-state index is 12.3. The highest BCUT2D eigenvalue weighted by Crippen LogP contribution is 2.12. The number of carbonyl (C=O) groups excluding carboxylic acids is 1. The van der Waals surface area contributed by atoms with E-state index in [1.54, 1.807) is 0 Å². The van der Waals surface area contributed by atoms with Crippen LogP contribution in [-0.2, 0) is 4.84 Å². The highest BCUT2D eigenvalue weighted by molar-refractivity contribution is 6.09. The van der Waals surface area contributed by atoms with Crippen molar-refractivity contribution < 1.29 is 9.63 Å². The van der Waals surface area contributed by atoms with Crippen LogP contribution >= 0.6 is 0 Å². The number of carbonyl (C=O) groups is 1. The summed E-state index contributed by atoms with van der Waals surface area (Å²) in [5, 5.41) is 3.87. The zero-order chi connectivity index (χ0) is 14.5. The Morgan fingerprint density at radius 3 is 1.85 bits per heavy atom. The van der Waals surface area contributed by atoms with Gasteiger partial charge in [0.2, 0.25) is 0 Å². The van der Waals surface area contributed by atoms with Gasteiger partial charge >= 0.3 is 0 Å². The molecule has 0 fully saturated rings. The Morgan fingerprint density at radius 2 is 1.35 bits per heavy atom. The minimum Gasteiger partial charge on any atom is -0.399 e. The van der Waals surface area contributed by atoms with Crippen LogP contribution < -0.4 is 0 Å². The molecule has 0 saturated carbocycles. The van der Waals surface area contributed by atoms with E-state index in [0.29, 0.717) is 11.1 Å². The molecular formula is C17H17NO2. The van der Waals surface area contributed by atoms with E-state index in [1.165, 1.54) is 7.11 Å². The van der Waals surface area contributed by atoms with E-state index in [-0.39, 0.29) is 5.78 Å². The predicted octanol–water partition coefficient (Wildman–Crippen LogP) is 3.60. The van der Waals surface area contributed by atoms with Crippen LogP contribution in [0.5, 0.6) is 0 Å². The molecule has 2 aromatic rings. The molecule has 0 aliphatic rings. The van der Waals surface area contributed by atoms with Crippen molar-refractivity contribution in [2.75, 3.05) is 7.11 Å². The Balaban J connectivity index is 2.24. The number of hydrogen-bond acceptors (Lipinski definition) is 3. The molecule has 0 atom stereocenters. The Labute approximate surface area is 118 Å². The third-order valence-electron chi connectivity index (χ3n) is 3.11. The first-order chi connectivity index (χ1) is 9.61. The van der Waals surface area contributed by atoms with Gasteiger partial charge in [-0.1, -0.05) is 59.3 Å². The largest absolute Gasteiger partial charge is 0.399 e. The fourth-order valence-corrected chi connectivity index (χ4v) is 1.92. The maximum Gasteiger partial charge on any atom is 0.193 e. The van der Waals surface area contributed by atoms with Crippen LogP contribution in [0, 0.1) is 6.92 Å². The second-order valence-corrected chi connectivity index (χ2v) is 4.63. The third-order valence-corrected chi connectivity index (χ3v) is 3.11. The molecule has 3 heteroatoms. The summed E-state index contributed by atoms with van der Waals surface area (Å²) < 4.78 is 0. The van der Waals surface area contributed by atoms with E-state index < -0.39 is 0 Å². The van der Waals surface area contributed by atoms with Crippen LogP contribution in [0.2, 0.25) is 0 Å². The summed E-state index contributed by atoms with van der Waals surface area (Å²) in [6.45, 7) is 3.86. The van der Waals surface area contributed by atoms with Gasteiger partial charge in [0, 0.05) is 11.1 Å². The molecule has 0 heterocycles. The molecule has 0 radical (unpaired) electrons. The highest BCUT2D eigenvalue weighted by Gasteiger charge is 2.09. The summed E-state index contributed by atoms with van der Waals surface area (Å²) in [4.78, 5) is 17.0. The van der Waals surface area contributed by atoms with Crippen molar-refractivity contribution in [2.24, 2.45) is 5.16 Å². The zero-order valence-corrected chi connectivity index (χ0v) is 11.9. The van der Waals surface area contributed by atoms with Crippen molar-refractivity contribution >= 4 is 11.5 Å². The number of aryl methyl sites for hydroxylation is 1. The first-order valence-corrected chi connectivity index (χ1v) is 6.41. The Kier molecular flexibility index (Phi) is 4.31. The lowest BCUT2D eigenvalue weighted by Crippen LogP contribution is -2.02. The van der Waals surface area contributed by atoms with Crippen molar-refractivity contribution in [2.45, 2.75) is 13.8 Å². The van der Waals surface area contributed by atoms with Crippen molar-refractivity contribution in [3.05, 3.63) is 70.8 Å². The summed E-state index contributed by atoms with van der Waals surface area (Å²) in [6.07, 6.45) is 0. The second-order valence-electron chi connectivity index (χ2n) is 4.63. The Hall–Kier alpha value is -2.42. The monoisotopic (exact) mass is 267 g/mol. The van der Waals surface area contributed by atoms with Gasteiger partial charge in [-0.3, -0.25) is 4.79 Å². The van der Waals surface area contributed by atoms with E-state index in [0.717, 1.165) is 16.8 Å². The summed E-state index contributed by atoms with van der Waals surface area (Å²) in [7, 11) is 1.51. The smallest absolute Gasteiger partial charge is 0.193 e. The van der Waals surface area contributed by atoms with Crippen LogP contribution in [0.1, 0.15) is 34.0 Å². The molecule has 0 amide bonds. The third kappa shape index (κ3) is 3.12. The average Bonchev–Trinajstić information content (AvgIpc) is 2.48. The second kappa shape index (κ2) is 6.15. The summed E-state index contributed by atoms with van der Waals surface area (Å²) in [5.41, 5.74) is 4.23. The van der Waals surface area contributed by atoms with Crippen molar-refractivity contribution in [3.63, 3.8) is 0 Å². The standard InChI is InChI=1S/C17H17NO2/c1-12-4-6-15(7-5-12)17(19)16-10-8-14(9-11-16)13(2)18-20-3/h4-11H,1-3H3/b18-13+. The number of ketones is 1. The van der Waals surface area contributed by atoms with Crippen LogP contribution in [0.3, 0.4) is 0 Å². The first kappa shape index (κ1) is 14.0. The average molecular weight is 267 g/mol. The lowest BCUT2D eigenvalue weighted by atomic mass is 10.0. The number of nitrogens with zero attached hydrogens (tertiary/aromatic N) is 1. The molecule has 2 rings (SSSR count). The Bertz CT molecular complexity index is 625. The van der Waals surface area contributed by atoms with Gasteiger partial charge in [0.25, 0.3) is 0 Å². The minimum absolute atomic E-state index is 0.0258. The topological polar surface area (TPSA) is 38.7 Å². The van der Waals surface area contributed by atoms with Crippen LogP contribution in [0.25, 0.3) is 0 Å². The maximum atomic E-state index is 12.3. The molecule has 0 aliphatic heterocycles. The van der Waals surface area contributed by atoms with E-state index in [2.05, 4.69) is 5.16 Å². The molecule has 0 aromatic heterocycles. The lowest BCUT2D eigenvalue weighted by molar-refractivity contribution is 0.103. The fraction of sp³-hybridized carbons (Fsp3) is 0.176.